The van der Waals surface area contributed by atoms with Crippen molar-refractivity contribution in [2.24, 2.45) is 0 Å². The van der Waals surface area contributed by atoms with Crippen molar-refractivity contribution in [1.29, 1.82) is 0 Å². The van der Waals surface area contributed by atoms with Gasteiger partial charge in [0, 0.05) is 25.5 Å². The van der Waals surface area contributed by atoms with Crippen LogP contribution in [0.2, 0.25) is 0 Å². The van der Waals surface area contributed by atoms with Gasteiger partial charge in [0.05, 0.1) is 5.56 Å². The second-order valence-electron chi connectivity index (χ2n) is 5.94. The summed E-state index contributed by atoms with van der Waals surface area (Å²) < 4.78 is 8.40. The summed E-state index contributed by atoms with van der Waals surface area (Å²) in [5.74, 6) is 1.88. The Morgan fingerprint density at radius 1 is 0.727 bits per heavy atom. The zero-order valence-corrected chi connectivity index (χ0v) is 13.9. The van der Waals surface area contributed by atoms with E-state index in [0.29, 0.717) is 0 Å². The minimum Gasteiger partial charge on any atom is -0.402 e. The van der Waals surface area contributed by atoms with E-state index in [2.05, 4.69) is 74.7 Å². The summed E-state index contributed by atoms with van der Waals surface area (Å²) in [6.07, 6.45) is 0. The first kappa shape index (κ1) is 14.6. The molecule has 2 aromatic carbocycles. The Labute approximate surface area is 132 Å². The molecule has 0 aliphatic heterocycles. The zero-order valence-electron chi connectivity index (χ0n) is 13.9. The van der Waals surface area contributed by atoms with Crippen molar-refractivity contribution in [3.8, 4) is 17.1 Å². The lowest BCUT2D eigenvalue weighted by Crippen LogP contribution is -2.35. The van der Waals surface area contributed by atoms with Gasteiger partial charge in [0.15, 0.2) is 5.76 Å². The van der Waals surface area contributed by atoms with Crippen LogP contribution in [0.25, 0.3) is 17.1 Å². The van der Waals surface area contributed by atoms with Crippen LogP contribution in [0.3, 0.4) is 0 Å². The monoisotopic (exact) mass is 292 g/mol. The summed E-state index contributed by atoms with van der Waals surface area (Å²) in [5, 5.41) is 0. The third-order valence-corrected chi connectivity index (χ3v) is 4.35. The van der Waals surface area contributed by atoms with E-state index in [1.807, 2.05) is 6.92 Å². The van der Waals surface area contributed by atoms with Gasteiger partial charge in [-0.05, 0) is 31.9 Å². The summed E-state index contributed by atoms with van der Waals surface area (Å²) >= 11 is 0. The lowest BCUT2D eigenvalue weighted by atomic mass is 10.0. The highest BCUT2D eigenvalue weighted by atomic mass is 16.4. The van der Waals surface area contributed by atoms with Crippen molar-refractivity contribution in [3.05, 3.63) is 70.6 Å². The van der Waals surface area contributed by atoms with E-state index in [1.54, 1.807) is 0 Å². The molecule has 0 saturated heterocycles. The minimum atomic E-state index is 0.917. The van der Waals surface area contributed by atoms with Gasteiger partial charge < -0.3 is 4.42 Å². The van der Waals surface area contributed by atoms with Crippen LogP contribution in [0, 0.1) is 34.6 Å². The van der Waals surface area contributed by atoms with Gasteiger partial charge in [0.25, 0.3) is 0 Å². The average Bonchev–Trinajstić information content (AvgIpc) is 2.75. The van der Waals surface area contributed by atoms with Gasteiger partial charge in [0.1, 0.15) is 0 Å². The molecule has 3 rings (SSSR count). The van der Waals surface area contributed by atoms with Crippen molar-refractivity contribution in [1.82, 2.24) is 0 Å². The maximum absolute atomic E-state index is 6.17. The van der Waals surface area contributed by atoms with Crippen LogP contribution in [0.1, 0.15) is 28.1 Å². The second kappa shape index (κ2) is 5.45. The molecular weight excluding hydrogens is 270 g/mol. The van der Waals surface area contributed by atoms with Gasteiger partial charge in [-0.25, -0.2) is 0 Å². The van der Waals surface area contributed by atoms with Gasteiger partial charge >= 0.3 is 5.89 Å². The molecular formula is C20H22NO+. The topological polar surface area (TPSA) is 17.0 Å². The molecule has 0 N–H and O–H groups in total. The normalized spacial score (nSPS) is 11.0. The molecule has 1 aromatic heterocycles. The van der Waals surface area contributed by atoms with Gasteiger partial charge in [-0.3, -0.25) is 0 Å². The van der Waals surface area contributed by atoms with Crippen molar-refractivity contribution in [3.63, 3.8) is 0 Å². The highest BCUT2D eigenvalue weighted by Gasteiger charge is 2.29. The highest BCUT2D eigenvalue weighted by Crippen LogP contribution is 2.28. The lowest BCUT2D eigenvalue weighted by molar-refractivity contribution is -0.593. The Hall–Kier alpha value is -2.35. The molecule has 0 atom stereocenters. The van der Waals surface area contributed by atoms with E-state index < -0.39 is 0 Å². The van der Waals surface area contributed by atoms with E-state index in [0.717, 1.165) is 17.3 Å². The molecule has 0 spiro atoms. The minimum absolute atomic E-state index is 0.917. The van der Waals surface area contributed by atoms with Crippen molar-refractivity contribution in [2.45, 2.75) is 34.6 Å². The molecule has 22 heavy (non-hydrogen) atoms. The summed E-state index contributed by atoms with van der Waals surface area (Å²) in [6.45, 7) is 10.6. The molecule has 0 amide bonds. The van der Waals surface area contributed by atoms with E-state index in [-0.39, 0.29) is 0 Å². The predicted octanol–water partition coefficient (Wildman–Crippen LogP) is 4.77. The molecule has 0 unspecified atom stereocenters. The number of benzene rings is 2. The van der Waals surface area contributed by atoms with Crippen LogP contribution in [0.4, 0.5) is 0 Å². The molecule has 0 fully saturated rings. The van der Waals surface area contributed by atoms with Crippen LogP contribution < -0.4 is 4.57 Å². The third-order valence-electron chi connectivity index (χ3n) is 4.35. The van der Waals surface area contributed by atoms with Gasteiger partial charge in [-0.15, -0.1) is 4.57 Å². The Kier molecular flexibility index (Phi) is 3.61. The number of hydrogen-bond donors (Lipinski definition) is 0. The van der Waals surface area contributed by atoms with E-state index in [1.165, 1.54) is 27.9 Å². The fourth-order valence-corrected chi connectivity index (χ4v) is 2.99. The summed E-state index contributed by atoms with van der Waals surface area (Å²) in [5.41, 5.74) is 7.21. The molecule has 2 heteroatoms. The van der Waals surface area contributed by atoms with E-state index in [9.17, 15) is 0 Å². The summed E-state index contributed by atoms with van der Waals surface area (Å²) in [7, 11) is 0. The number of nitrogens with zero attached hydrogens (tertiary/aromatic N) is 1. The van der Waals surface area contributed by atoms with Crippen LogP contribution in [0.15, 0.2) is 46.9 Å². The smallest absolute Gasteiger partial charge is 0.387 e. The molecule has 0 radical (unpaired) electrons. The van der Waals surface area contributed by atoms with E-state index in [4.69, 9.17) is 4.42 Å². The molecule has 0 bridgehead atoms. The SMILES string of the molecule is Cc1ccccc1-[n+]1c(-c2c(C)cccc2C)oc(C)c1C. The molecule has 2 nitrogen and oxygen atoms in total. The molecule has 0 saturated carbocycles. The zero-order chi connectivity index (χ0) is 15.9. The predicted molar refractivity (Wildman–Crippen MR) is 89.4 cm³/mol. The van der Waals surface area contributed by atoms with Crippen LogP contribution in [-0.4, -0.2) is 0 Å². The van der Waals surface area contributed by atoms with Crippen molar-refractivity contribution < 1.29 is 8.98 Å². The Balaban J connectivity index is 2.36. The number of hydrogen-bond acceptors (Lipinski definition) is 1. The molecule has 3 aromatic rings. The van der Waals surface area contributed by atoms with Crippen molar-refractivity contribution >= 4 is 0 Å². The standard InChI is InChI=1S/C20H22NO/c1-13-9-6-7-12-18(13)21-16(4)17(5)22-20(21)19-14(2)10-8-11-15(19)3/h6-12H,1-5H3/q+1. The number of oxazole rings is 1. The van der Waals surface area contributed by atoms with Crippen LogP contribution in [0.5, 0.6) is 0 Å². The van der Waals surface area contributed by atoms with Crippen LogP contribution >= 0.6 is 0 Å². The summed E-state index contributed by atoms with van der Waals surface area (Å²) in [6, 6.07) is 14.8. The third kappa shape index (κ3) is 2.25. The number of aromatic nitrogens is 1. The Bertz CT molecular complexity index is 823. The van der Waals surface area contributed by atoms with Gasteiger partial charge in [0.2, 0.25) is 11.4 Å². The number of para-hydroxylation sites is 1. The molecule has 0 aliphatic rings. The fourth-order valence-electron chi connectivity index (χ4n) is 2.99. The highest BCUT2D eigenvalue weighted by molar-refractivity contribution is 5.62. The van der Waals surface area contributed by atoms with Gasteiger partial charge in [-0.1, -0.05) is 36.4 Å². The van der Waals surface area contributed by atoms with Crippen molar-refractivity contribution in [2.75, 3.05) is 0 Å². The van der Waals surface area contributed by atoms with Crippen LogP contribution in [-0.2, 0) is 0 Å². The number of aryl methyl sites for hydroxylation is 4. The maximum atomic E-state index is 6.17. The maximum Gasteiger partial charge on any atom is 0.387 e. The summed E-state index contributed by atoms with van der Waals surface area (Å²) in [4.78, 5) is 0. The Morgan fingerprint density at radius 2 is 1.32 bits per heavy atom. The number of rotatable bonds is 2. The quantitative estimate of drug-likeness (QED) is 0.622. The first-order valence-corrected chi connectivity index (χ1v) is 7.65. The molecule has 112 valence electrons. The lowest BCUT2D eigenvalue weighted by Gasteiger charge is -2.06. The first-order valence-electron chi connectivity index (χ1n) is 7.65. The molecule has 1 heterocycles. The first-order chi connectivity index (χ1) is 10.5. The van der Waals surface area contributed by atoms with E-state index >= 15 is 0 Å². The molecule has 0 aliphatic carbocycles. The average molecular weight is 292 g/mol. The van der Waals surface area contributed by atoms with Gasteiger partial charge in [-0.2, -0.15) is 0 Å². The Morgan fingerprint density at radius 3 is 1.95 bits per heavy atom. The second-order valence-corrected chi connectivity index (χ2v) is 5.94. The largest absolute Gasteiger partial charge is 0.402 e. The fraction of sp³-hybridized carbons (Fsp3) is 0.250.